The lowest BCUT2D eigenvalue weighted by molar-refractivity contribution is -0.682. The third-order valence-corrected chi connectivity index (χ3v) is 4.20. The normalized spacial score (nSPS) is 11.9. The SMILES string of the molecule is COc1cc(CNC(=O)C[NH2+][C@@H](C)c2cccc(Cl)c2)ccc1OC(F)F. The molecule has 0 saturated heterocycles. The van der Waals surface area contributed by atoms with Crippen molar-refractivity contribution in [3.05, 3.63) is 58.6 Å². The van der Waals surface area contributed by atoms with Crippen molar-refractivity contribution in [2.75, 3.05) is 13.7 Å². The number of hydrogen-bond donors (Lipinski definition) is 2. The monoisotopic (exact) mass is 399 g/mol. The van der Waals surface area contributed by atoms with Gasteiger partial charge in [-0.1, -0.05) is 29.8 Å². The number of carbonyl (C=O) groups is 1. The molecule has 27 heavy (non-hydrogen) atoms. The van der Waals surface area contributed by atoms with Gasteiger partial charge in [0.1, 0.15) is 6.04 Å². The van der Waals surface area contributed by atoms with Crippen LogP contribution in [0.3, 0.4) is 0 Å². The Bertz CT molecular complexity index is 774. The molecule has 0 aliphatic carbocycles. The van der Waals surface area contributed by atoms with Crippen LogP contribution >= 0.6 is 11.6 Å². The number of rotatable bonds is 9. The second kappa shape index (κ2) is 10.1. The largest absolute Gasteiger partial charge is 0.493 e. The van der Waals surface area contributed by atoms with Crippen molar-refractivity contribution in [3.8, 4) is 11.5 Å². The molecular weight excluding hydrogens is 378 g/mol. The number of alkyl halides is 2. The van der Waals surface area contributed by atoms with Gasteiger partial charge in [0.25, 0.3) is 5.91 Å². The number of nitrogens with two attached hydrogens (primary N) is 1. The van der Waals surface area contributed by atoms with Gasteiger partial charge >= 0.3 is 6.61 Å². The van der Waals surface area contributed by atoms with Gasteiger partial charge in [0.15, 0.2) is 18.0 Å². The second-order valence-electron chi connectivity index (χ2n) is 5.92. The summed E-state index contributed by atoms with van der Waals surface area (Å²) in [5.74, 6) is -0.00908. The number of halogens is 3. The first-order chi connectivity index (χ1) is 12.9. The molecule has 0 radical (unpaired) electrons. The van der Waals surface area contributed by atoms with E-state index >= 15 is 0 Å². The molecule has 2 aromatic rings. The zero-order valence-corrected chi connectivity index (χ0v) is 15.8. The molecule has 0 saturated carbocycles. The average molecular weight is 400 g/mol. The second-order valence-corrected chi connectivity index (χ2v) is 6.36. The Morgan fingerprint density at radius 1 is 1.22 bits per heavy atom. The van der Waals surface area contributed by atoms with Crippen molar-refractivity contribution >= 4 is 17.5 Å². The first kappa shape index (κ1) is 20.9. The molecule has 1 atom stereocenters. The van der Waals surface area contributed by atoms with E-state index in [1.54, 1.807) is 18.2 Å². The molecule has 2 aromatic carbocycles. The molecule has 0 spiro atoms. The molecule has 0 fully saturated rings. The summed E-state index contributed by atoms with van der Waals surface area (Å²) in [7, 11) is 1.36. The van der Waals surface area contributed by atoms with Crippen LogP contribution in [0.1, 0.15) is 24.1 Å². The predicted octanol–water partition coefficient (Wildman–Crippen LogP) is 2.89. The van der Waals surface area contributed by atoms with Crippen LogP contribution in [0.25, 0.3) is 0 Å². The van der Waals surface area contributed by atoms with Crippen molar-refractivity contribution < 1.29 is 28.4 Å². The van der Waals surface area contributed by atoms with E-state index in [0.29, 0.717) is 10.6 Å². The third kappa shape index (κ3) is 6.69. The van der Waals surface area contributed by atoms with Crippen molar-refractivity contribution in [3.63, 3.8) is 0 Å². The maximum absolute atomic E-state index is 12.3. The Labute approximate surface area is 161 Å². The highest BCUT2D eigenvalue weighted by Crippen LogP contribution is 2.29. The Morgan fingerprint density at radius 2 is 2.00 bits per heavy atom. The van der Waals surface area contributed by atoms with Crippen LogP contribution in [-0.2, 0) is 11.3 Å². The number of benzene rings is 2. The van der Waals surface area contributed by atoms with E-state index < -0.39 is 6.61 Å². The van der Waals surface area contributed by atoms with E-state index in [2.05, 4.69) is 10.1 Å². The van der Waals surface area contributed by atoms with Crippen LogP contribution < -0.4 is 20.1 Å². The zero-order valence-electron chi connectivity index (χ0n) is 15.0. The van der Waals surface area contributed by atoms with Crippen molar-refractivity contribution in [2.45, 2.75) is 26.1 Å². The van der Waals surface area contributed by atoms with Crippen molar-refractivity contribution in [1.82, 2.24) is 5.32 Å². The van der Waals surface area contributed by atoms with Gasteiger partial charge in [0, 0.05) is 17.1 Å². The molecular formula is C19H22ClF2N2O3+. The van der Waals surface area contributed by atoms with Gasteiger partial charge in [-0.05, 0) is 36.8 Å². The minimum absolute atomic E-state index is 0.0498. The van der Waals surface area contributed by atoms with Crippen LogP contribution in [0, 0.1) is 0 Å². The first-order valence-electron chi connectivity index (χ1n) is 8.36. The first-order valence-corrected chi connectivity index (χ1v) is 8.74. The number of hydrogen-bond acceptors (Lipinski definition) is 3. The number of methoxy groups -OCH3 is 1. The maximum atomic E-state index is 12.3. The summed E-state index contributed by atoms with van der Waals surface area (Å²) < 4.78 is 34.1. The number of amides is 1. The number of quaternary nitrogens is 1. The summed E-state index contributed by atoms with van der Waals surface area (Å²) in [5, 5.41) is 5.35. The lowest BCUT2D eigenvalue weighted by atomic mass is 10.1. The molecule has 1 amide bonds. The van der Waals surface area contributed by atoms with Gasteiger partial charge in [-0.15, -0.1) is 0 Å². The molecule has 8 heteroatoms. The summed E-state index contributed by atoms with van der Waals surface area (Å²) >= 11 is 5.98. The van der Waals surface area contributed by atoms with Gasteiger partial charge in [-0.25, -0.2) is 0 Å². The minimum atomic E-state index is -2.93. The van der Waals surface area contributed by atoms with Gasteiger partial charge in [-0.3, -0.25) is 4.79 Å². The fraction of sp³-hybridized carbons (Fsp3) is 0.316. The molecule has 2 rings (SSSR count). The van der Waals surface area contributed by atoms with E-state index in [4.69, 9.17) is 16.3 Å². The molecule has 3 N–H and O–H groups in total. The van der Waals surface area contributed by atoms with Gasteiger partial charge in [0.05, 0.1) is 7.11 Å². The molecule has 0 aliphatic rings. The Hall–Kier alpha value is -2.38. The number of carbonyl (C=O) groups excluding carboxylic acids is 1. The minimum Gasteiger partial charge on any atom is -0.493 e. The maximum Gasteiger partial charge on any atom is 0.387 e. The quantitative estimate of drug-likeness (QED) is 0.681. The van der Waals surface area contributed by atoms with Crippen LogP contribution in [0.4, 0.5) is 8.78 Å². The van der Waals surface area contributed by atoms with Gasteiger partial charge < -0.3 is 20.1 Å². The van der Waals surface area contributed by atoms with Crippen LogP contribution in [0.15, 0.2) is 42.5 Å². The van der Waals surface area contributed by atoms with Crippen LogP contribution in [0.2, 0.25) is 5.02 Å². The summed E-state index contributed by atoms with van der Waals surface area (Å²) in [6.07, 6.45) is 0. The lowest BCUT2D eigenvalue weighted by Gasteiger charge is -2.13. The summed E-state index contributed by atoms with van der Waals surface area (Å²) in [4.78, 5) is 12.1. The highest BCUT2D eigenvalue weighted by Gasteiger charge is 2.13. The number of ether oxygens (including phenoxy) is 2. The van der Waals surface area contributed by atoms with Gasteiger partial charge in [-0.2, -0.15) is 8.78 Å². The fourth-order valence-electron chi connectivity index (χ4n) is 2.50. The van der Waals surface area contributed by atoms with E-state index in [9.17, 15) is 13.6 Å². The summed E-state index contributed by atoms with van der Waals surface area (Å²) in [6.45, 7) is -0.437. The molecule has 0 unspecified atom stereocenters. The van der Waals surface area contributed by atoms with E-state index in [1.807, 2.05) is 30.4 Å². The molecule has 0 heterocycles. The molecule has 0 aromatic heterocycles. The Morgan fingerprint density at radius 3 is 2.67 bits per heavy atom. The Kier molecular flexibility index (Phi) is 7.82. The predicted molar refractivity (Wildman–Crippen MR) is 98.1 cm³/mol. The van der Waals surface area contributed by atoms with Crippen LogP contribution in [0.5, 0.6) is 11.5 Å². The van der Waals surface area contributed by atoms with Crippen LogP contribution in [-0.4, -0.2) is 26.2 Å². The van der Waals surface area contributed by atoms with Crippen molar-refractivity contribution in [2.24, 2.45) is 0 Å². The molecule has 0 aliphatic heterocycles. The standard InChI is InChI=1S/C19H21ClF2N2O3/c1-12(14-4-3-5-15(20)9-14)23-11-18(25)24-10-13-6-7-16(27-19(21)22)17(8-13)26-2/h3-9,12,19,23H,10-11H2,1-2H3,(H,24,25)/p+1/t12-/m0/s1. The molecule has 5 nitrogen and oxygen atoms in total. The topological polar surface area (TPSA) is 64.2 Å². The third-order valence-electron chi connectivity index (χ3n) is 3.97. The fourth-order valence-corrected chi connectivity index (χ4v) is 2.70. The molecule has 0 bridgehead atoms. The van der Waals surface area contributed by atoms with Crippen molar-refractivity contribution in [1.29, 1.82) is 0 Å². The van der Waals surface area contributed by atoms with Gasteiger partial charge in [0.2, 0.25) is 0 Å². The smallest absolute Gasteiger partial charge is 0.387 e. The lowest BCUT2D eigenvalue weighted by Crippen LogP contribution is -2.87. The summed E-state index contributed by atoms with van der Waals surface area (Å²) in [6, 6.07) is 12.1. The van der Waals surface area contributed by atoms with E-state index in [0.717, 1.165) is 5.56 Å². The van der Waals surface area contributed by atoms with E-state index in [-0.39, 0.29) is 36.5 Å². The summed E-state index contributed by atoms with van der Waals surface area (Å²) in [5.41, 5.74) is 1.75. The zero-order chi connectivity index (χ0) is 19.8. The number of nitrogens with one attached hydrogen (secondary N) is 1. The Balaban J connectivity index is 1.84. The average Bonchev–Trinajstić information content (AvgIpc) is 2.64. The highest BCUT2D eigenvalue weighted by atomic mass is 35.5. The molecule has 146 valence electrons. The highest BCUT2D eigenvalue weighted by molar-refractivity contribution is 6.30. The van der Waals surface area contributed by atoms with E-state index in [1.165, 1.54) is 13.2 Å².